The Morgan fingerprint density at radius 3 is 1.14 bits per heavy atom. The number of rotatable bonds is 55. The van der Waals surface area contributed by atoms with Crippen molar-refractivity contribution in [2.75, 3.05) is 26.4 Å². The van der Waals surface area contributed by atoms with Crippen molar-refractivity contribution in [3.8, 4) is 0 Å². The molecule has 0 saturated carbocycles. The molecule has 0 aliphatic heterocycles. The van der Waals surface area contributed by atoms with Crippen LogP contribution in [0.25, 0.3) is 0 Å². The van der Waals surface area contributed by atoms with Crippen LogP contribution in [0.3, 0.4) is 0 Å². The van der Waals surface area contributed by atoms with Crippen molar-refractivity contribution in [1.82, 2.24) is 0 Å². The van der Waals surface area contributed by atoms with Gasteiger partial charge in [0.05, 0.1) is 19.8 Å². The predicted octanol–water partition coefficient (Wildman–Crippen LogP) is 18.4. The number of ether oxygens (including phenoxy) is 3. The summed E-state index contributed by atoms with van der Waals surface area (Å²) in [7, 11) is -4.78. The maximum Gasteiger partial charge on any atom is 0.472 e. The van der Waals surface area contributed by atoms with Crippen LogP contribution in [-0.4, -0.2) is 66.5 Å². The minimum absolute atomic E-state index is 0.0331. The number of aliphatic hydroxyl groups is 1. The summed E-state index contributed by atoms with van der Waals surface area (Å²) in [6, 6.07) is 0. The smallest absolute Gasteiger partial charge is 0.462 e. The lowest BCUT2D eigenvalue weighted by atomic mass is 10.1. The molecule has 0 spiro atoms. The largest absolute Gasteiger partial charge is 0.472 e. The SMILES string of the molecule is CC/C=C\C/C=C\C/C=C\C/C=C\C/C=C\C/C=C\CCC(=O)OC(COC(=O)CCCCCCCC/C=C\C/C=C\C/C=C\CCCCC)COP(=O)(O)OCC(CO)OC(=O)CCCCCCC/C=C\CCCCCC. The molecule has 0 aromatic rings. The molecule has 444 valence electrons. The summed E-state index contributed by atoms with van der Waals surface area (Å²) in [6.07, 6.45) is 73.1. The van der Waals surface area contributed by atoms with Crippen LogP contribution >= 0.6 is 7.82 Å². The first-order chi connectivity index (χ1) is 38.2. The molecule has 12 heteroatoms. The van der Waals surface area contributed by atoms with Gasteiger partial charge in [-0.15, -0.1) is 0 Å². The molecule has 2 N–H and O–H groups in total. The van der Waals surface area contributed by atoms with Gasteiger partial charge in [0, 0.05) is 19.3 Å². The highest BCUT2D eigenvalue weighted by Crippen LogP contribution is 2.43. The molecule has 0 aliphatic rings. The van der Waals surface area contributed by atoms with Gasteiger partial charge in [0.2, 0.25) is 0 Å². The van der Waals surface area contributed by atoms with Crippen molar-refractivity contribution in [3.63, 3.8) is 0 Å². The van der Waals surface area contributed by atoms with Gasteiger partial charge in [0.1, 0.15) is 12.7 Å². The van der Waals surface area contributed by atoms with E-state index >= 15 is 0 Å². The lowest BCUT2D eigenvalue weighted by molar-refractivity contribution is -0.161. The highest BCUT2D eigenvalue weighted by atomic mass is 31.2. The fourth-order valence-corrected chi connectivity index (χ4v) is 8.52. The molecule has 78 heavy (non-hydrogen) atoms. The van der Waals surface area contributed by atoms with Crippen molar-refractivity contribution >= 4 is 25.7 Å². The Morgan fingerprint density at radius 1 is 0.372 bits per heavy atom. The van der Waals surface area contributed by atoms with E-state index < -0.39 is 57.8 Å². The van der Waals surface area contributed by atoms with Gasteiger partial charge in [-0.25, -0.2) is 4.57 Å². The molecule has 0 bridgehead atoms. The Kier molecular flexibility index (Phi) is 55.9. The number of esters is 3. The zero-order chi connectivity index (χ0) is 56.9. The summed E-state index contributed by atoms with van der Waals surface area (Å²) in [5.74, 6) is -1.60. The summed E-state index contributed by atoms with van der Waals surface area (Å²) in [5.41, 5.74) is 0. The molecule has 0 fully saturated rings. The summed E-state index contributed by atoms with van der Waals surface area (Å²) in [6.45, 7) is 4.38. The third-order valence-electron chi connectivity index (χ3n) is 12.4. The molecule has 0 aromatic heterocycles. The second-order valence-corrected chi connectivity index (χ2v) is 21.2. The fraction of sp³-hybridized carbons (Fsp3) is 0.652. The summed E-state index contributed by atoms with van der Waals surface area (Å²) in [5, 5.41) is 9.82. The molecule has 0 amide bonds. The molecule has 0 saturated heterocycles. The summed E-state index contributed by atoms with van der Waals surface area (Å²) in [4.78, 5) is 48.6. The van der Waals surface area contributed by atoms with E-state index in [4.69, 9.17) is 23.3 Å². The van der Waals surface area contributed by atoms with Gasteiger partial charge >= 0.3 is 25.7 Å². The minimum atomic E-state index is -4.78. The molecule has 3 atom stereocenters. The molecule has 0 radical (unpaired) electrons. The minimum Gasteiger partial charge on any atom is -0.462 e. The van der Waals surface area contributed by atoms with Gasteiger partial charge in [-0.1, -0.05) is 219 Å². The molecular weight excluding hydrogens is 1000 g/mol. The Morgan fingerprint density at radius 2 is 0.692 bits per heavy atom. The number of allylic oxidation sites excluding steroid dienone is 20. The number of hydrogen-bond acceptors (Lipinski definition) is 10. The van der Waals surface area contributed by atoms with E-state index in [1.54, 1.807) is 0 Å². The van der Waals surface area contributed by atoms with Gasteiger partial charge in [-0.3, -0.25) is 23.4 Å². The van der Waals surface area contributed by atoms with Crippen LogP contribution in [0.5, 0.6) is 0 Å². The van der Waals surface area contributed by atoms with Crippen molar-refractivity contribution in [3.05, 3.63) is 122 Å². The van der Waals surface area contributed by atoms with Crippen LogP contribution < -0.4 is 0 Å². The number of hydrogen-bond donors (Lipinski definition) is 2. The van der Waals surface area contributed by atoms with Gasteiger partial charge in [-0.2, -0.15) is 0 Å². The predicted molar refractivity (Wildman–Crippen MR) is 325 cm³/mol. The molecule has 0 rings (SSSR count). The number of carbonyl (C=O) groups is 3. The lowest BCUT2D eigenvalue weighted by Gasteiger charge is -2.21. The fourth-order valence-electron chi connectivity index (χ4n) is 7.74. The zero-order valence-electron chi connectivity index (χ0n) is 49.1. The summed E-state index contributed by atoms with van der Waals surface area (Å²) >= 11 is 0. The first kappa shape index (κ1) is 73.9. The number of carbonyl (C=O) groups excluding carboxylic acids is 3. The van der Waals surface area contributed by atoms with Crippen molar-refractivity contribution in [2.45, 2.75) is 251 Å². The monoisotopic (exact) mass is 1110 g/mol. The van der Waals surface area contributed by atoms with Crippen LogP contribution in [0.2, 0.25) is 0 Å². The van der Waals surface area contributed by atoms with Gasteiger partial charge in [-0.05, 0) is 122 Å². The Hall–Kier alpha value is -4.12. The van der Waals surface area contributed by atoms with Crippen molar-refractivity contribution in [2.24, 2.45) is 0 Å². The third-order valence-corrected chi connectivity index (χ3v) is 13.3. The van der Waals surface area contributed by atoms with Gasteiger partial charge in [0.25, 0.3) is 0 Å². The normalized spacial score (nSPS) is 14.2. The van der Waals surface area contributed by atoms with Gasteiger partial charge in [0.15, 0.2) is 6.10 Å². The second kappa shape index (κ2) is 59.0. The number of phosphoric ester groups is 1. The summed E-state index contributed by atoms with van der Waals surface area (Å²) < 4.78 is 39.5. The quantitative estimate of drug-likeness (QED) is 0.0197. The van der Waals surface area contributed by atoms with E-state index in [9.17, 15) is 28.9 Å². The zero-order valence-corrected chi connectivity index (χ0v) is 50.0. The highest BCUT2D eigenvalue weighted by Gasteiger charge is 2.28. The molecule has 11 nitrogen and oxygen atoms in total. The first-order valence-electron chi connectivity index (χ1n) is 30.4. The van der Waals surface area contributed by atoms with E-state index in [-0.39, 0.29) is 25.9 Å². The van der Waals surface area contributed by atoms with Crippen molar-refractivity contribution in [1.29, 1.82) is 0 Å². The van der Waals surface area contributed by atoms with Gasteiger partial charge < -0.3 is 24.2 Å². The first-order valence-corrected chi connectivity index (χ1v) is 31.9. The Bertz CT molecular complexity index is 1770. The van der Waals surface area contributed by atoms with Crippen LogP contribution in [0, 0.1) is 0 Å². The molecular formula is C66H109O11P. The second-order valence-electron chi connectivity index (χ2n) is 19.8. The maximum absolute atomic E-state index is 12.9. The average Bonchev–Trinajstić information content (AvgIpc) is 3.43. The van der Waals surface area contributed by atoms with E-state index in [0.29, 0.717) is 25.7 Å². The van der Waals surface area contributed by atoms with Crippen molar-refractivity contribution < 1.29 is 52.2 Å². The third kappa shape index (κ3) is 56.6. The van der Waals surface area contributed by atoms with Crippen LogP contribution in [0.1, 0.15) is 239 Å². The lowest BCUT2D eigenvalue weighted by Crippen LogP contribution is -2.30. The van der Waals surface area contributed by atoms with E-state index in [1.807, 2.05) is 12.2 Å². The van der Waals surface area contributed by atoms with E-state index in [0.717, 1.165) is 122 Å². The molecule has 3 unspecified atom stereocenters. The molecule has 0 aromatic carbocycles. The molecule has 0 aliphatic carbocycles. The Labute approximate surface area is 475 Å². The average molecular weight is 1110 g/mol. The van der Waals surface area contributed by atoms with Crippen LogP contribution in [-0.2, 0) is 42.2 Å². The van der Waals surface area contributed by atoms with E-state index in [1.165, 1.54) is 51.4 Å². The Balaban J connectivity index is 4.88. The number of phosphoric acid groups is 1. The number of aliphatic hydroxyl groups excluding tert-OH is 1. The highest BCUT2D eigenvalue weighted by molar-refractivity contribution is 7.47. The maximum atomic E-state index is 12.9. The molecule has 0 heterocycles. The standard InChI is InChI=1S/C66H109O11P/c1-4-7-10-13-16-19-22-25-27-29-31-33-35-38-40-43-46-49-52-55-64(68)73-59-63(77-66(70)57-54-51-48-45-42-39-36-34-32-30-28-26-23-20-17-14-11-8-5-2)61-75-78(71,72)74-60-62(58-67)76-65(69)56-53-50-47-44-41-37-24-21-18-15-12-9-6-3/h8,11,16-17,19-21,24-28,31-34,39,42,48,51,62-63,67H,4-7,9-10,12-15,18,22-23,29-30,35-38,40-41,43-47,49-50,52-61H2,1-3H3,(H,71,72)/b11-8-,19-16-,20-17-,24-21-,27-25-,28-26-,33-31-,34-32-,42-39-,51-48-. The van der Waals surface area contributed by atoms with E-state index in [2.05, 4.69) is 130 Å². The van der Waals surface area contributed by atoms with Crippen LogP contribution in [0.4, 0.5) is 0 Å². The topological polar surface area (TPSA) is 155 Å². The number of unbranched alkanes of at least 4 members (excludes halogenated alkanes) is 18. The van der Waals surface area contributed by atoms with Crippen LogP contribution in [0.15, 0.2) is 122 Å².